The summed E-state index contributed by atoms with van der Waals surface area (Å²) in [7, 11) is 3.53. The topological polar surface area (TPSA) is 48.5 Å². The zero-order chi connectivity index (χ0) is 22.0. The van der Waals surface area contributed by atoms with Gasteiger partial charge in [-0.2, -0.15) is 0 Å². The van der Waals surface area contributed by atoms with Crippen molar-refractivity contribution in [3.63, 3.8) is 0 Å². The number of likely N-dealkylation sites (N-methyl/N-ethyl adjacent to an activating group) is 1. The van der Waals surface area contributed by atoms with Crippen LogP contribution in [0.2, 0.25) is 0 Å². The van der Waals surface area contributed by atoms with Gasteiger partial charge in [0, 0.05) is 30.5 Å². The molecule has 4 rings (SSSR count). The lowest BCUT2D eigenvalue weighted by molar-refractivity contribution is 0.0989. The number of carbonyl (C=O) groups is 1. The summed E-state index contributed by atoms with van der Waals surface area (Å²) in [6.07, 6.45) is 2.37. The summed E-state index contributed by atoms with van der Waals surface area (Å²) < 4.78 is 28.5. The average molecular weight is 422 g/mol. The van der Waals surface area contributed by atoms with Gasteiger partial charge in [-0.15, -0.1) is 0 Å². The van der Waals surface area contributed by atoms with E-state index in [0.29, 0.717) is 17.9 Å². The monoisotopic (exact) mass is 422 g/mol. The van der Waals surface area contributed by atoms with Crippen LogP contribution in [0.3, 0.4) is 0 Å². The first kappa shape index (κ1) is 20.9. The van der Waals surface area contributed by atoms with Crippen LogP contribution in [-0.4, -0.2) is 43.0 Å². The highest BCUT2D eigenvalue weighted by atomic mass is 19.1. The smallest absolute Gasteiger partial charge is 0.259 e. The normalized spacial score (nSPS) is 13.9. The van der Waals surface area contributed by atoms with Crippen molar-refractivity contribution in [1.29, 1.82) is 0 Å². The van der Waals surface area contributed by atoms with Crippen molar-refractivity contribution in [3.05, 3.63) is 89.1 Å². The minimum absolute atomic E-state index is 0.0134. The molecular weight excluding hydrogens is 398 g/mol. The second kappa shape index (κ2) is 8.81. The van der Waals surface area contributed by atoms with Crippen molar-refractivity contribution >= 4 is 17.4 Å². The number of nitrogens with one attached hydrogen (secondary N) is 1. The quantitative estimate of drug-likeness (QED) is 0.644. The first-order chi connectivity index (χ1) is 15.0. The largest absolute Gasteiger partial charge is 0.368 e. The third-order valence-electron chi connectivity index (χ3n) is 5.58. The Kier molecular flexibility index (Phi) is 5.95. The zero-order valence-electron chi connectivity index (χ0n) is 17.5. The highest BCUT2D eigenvalue weighted by molar-refractivity contribution is 6.07. The molecule has 1 aromatic heterocycles. The highest BCUT2D eigenvalue weighted by Crippen LogP contribution is 2.29. The van der Waals surface area contributed by atoms with Gasteiger partial charge in [0.05, 0.1) is 11.6 Å². The zero-order valence-corrected chi connectivity index (χ0v) is 17.5. The van der Waals surface area contributed by atoms with Crippen molar-refractivity contribution < 1.29 is 13.6 Å². The number of para-hydroxylation sites is 1. The lowest BCUT2D eigenvalue weighted by Gasteiger charge is -2.26. The molecule has 7 heteroatoms. The molecule has 0 radical (unpaired) electrons. The number of anilines is 2. The number of benzene rings is 2. The number of amides is 1. The maximum Gasteiger partial charge on any atom is 0.259 e. The van der Waals surface area contributed by atoms with Gasteiger partial charge in [-0.1, -0.05) is 24.3 Å². The van der Waals surface area contributed by atoms with Gasteiger partial charge in [-0.05, 0) is 56.4 Å². The lowest BCUT2D eigenvalue weighted by atomic mass is 10.0. The van der Waals surface area contributed by atoms with Crippen LogP contribution in [0.15, 0.2) is 60.8 Å². The Balaban J connectivity index is 1.46. The summed E-state index contributed by atoms with van der Waals surface area (Å²) >= 11 is 0. The highest BCUT2D eigenvalue weighted by Gasteiger charge is 2.25. The van der Waals surface area contributed by atoms with Gasteiger partial charge in [-0.3, -0.25) is 4.79 Å². The predicted molar refractivity (Wildman–Crippen MR) is 117 cm³/mol. The third-order valence-corrected chi connectivity index (χ3v) is 5.58. The van der Waals surface area contributed by atoms with Crippen LogP contribution in [0.5, 0.6) is 0 Å². The second-order valence-electron chi connectivity index (χ2n) is 7.76. The molecule has 31 heavy (non-hydrogen) atoms. The van der Waals surface area contributed by atoms with E-state index in [9.17, 15) is 13.6 Å². The molecule has 0 aliphatic carbocycles. The van der Waals surface area contributed by atoms with Crippen LogP contribution in [0.1, 0.15) is 27.5 Å². The summed E-state index contributed by atoms with van der Waals surface area (Å²) in [6, 6.07) is 14.6. The van der Waals surface area contributed by atoms with E-state index in [0.717, 1.165) is 17.7 Å². The van der Waals surface area contributed by atoms with E-state index < -0.39 is 17.7 Å². The Morgan fingerprint density at radius 1 is 1.10 bits per heavy atom. The molecule has 0 saturated heterocycles. The van der Waals surface area contributed by atoms with Crippen molar-refractivity contribution in [3.8, 4) is 0 Å². The number of pyridine rings is 1. The molecule has 1 amide bonds. The Morgan fingerprint density at radius 3 is 2.52 bits per heavy atom. The molecule has 3 aromatic rings. The molecule has 5 nitrogen and oxygen atoms in total. The molecule has 2 heterocycles. The molecule has 160 valence electrons. The molecule has 2 aromatic carbocycles. The van der Waals surface area contributed by atoms with Crippen LogP contribution in [0.4, 0.5) is 20.3 Å². The van der Waals surface area contributed by atoms with Crippen LogP contribution in [0, 0.1) is 11.6 Å². The summed E-state index contributed by atoms with van der Waals surface area (Å²) in [5.74, 6) is -0.730. The molecular formula is C24H24F2N4O. The van der Waals surface area contributed by atoms with Crippen molar-refractivity contribution in [2.45, 2.75) is 12.5 Å². The molecule has 1 unspecified atom stereocenters. The number of nitrogens with zero attached hydrogens (tertiary/aromatic N) is 3. The Morgan fingerprint density at radius 2 is 1.84 bits per heavy atom. The number of rotatable bonds is 6. The van der Waals surface area contributed by atoms with Crippen molar-refractivity contribution in [2.24, 2.45) is 0 Å². The van der Waals surface area contributed by atoms with Gasteiger partial charge in [0.2, 0.25) is 0 Å². The maximum absolute atomic E-state index is 14.2. The number of hydrogen-bond donors (Lipinski definition) is 1. The fourth-order valence-electron chi connectivity index (χ4n) is 3.90. The molecule has 0 bridgehead atoms. The van der Waals surface area contributed by atoms with Gasteiger partial charge in [0.1, 0.15) is 17.5 Å². The van der Waals surface area contributed by atoms with E-state index in [4.69, 9.17) is 0 Å². The molecule has 0 spiro atoms. The molecule has 1 aliphatic heterocycles. The minimum atomic E-state index is -0.583. The van der Waals surface area contributed by atoms with Gasteiger partial charge >= 0.3 is 0 Å². The van der Waals surface area contributed by atoms with Crippen molar-refractivity contribution in [2.75, 3.05) is 37.4 Å². The average Bonchev–Trinajstić information content (AvgIpc) is 3.19. The predicted octanol–water partition coefficient (Wildman–Crippen LogP) is 4.28. The number of hydrogen-bond acceptors (Lipinski definition) is 4. The van der Waals surface area contributed by atoms with Crippen LogP contribution in [-0.2, 0) is 6.42 Å². The molecule has 1 N–H and O–H groups in total. The fourth-order valence-corrected chi connectivity index (χ4v) is 3.90. The van der Waals surface area contributed by atoms with E-state index >= 15 is 0 Å². The second-order valence-corrected chi connectivity index (χ2v) is 7.76. The molecule has 0 fully saturated rings. The fraction of sp³-hybridized carbons (Fsp3) is 0.250. The van der Waals surface area contributed by atoms with Gasteiger partial charge in [-0.25, -0.2) is 13.8 Å². The number of fused-ring (bicyclic) bond motifs is 1. The van der Waals surface area contributed by atoms with Crippen molar-refractivity contribution in [1.82, 2.24) is 9.88 Å². The molecule has 0 saturated carbocycles. The van der Waals surface area contributed by atoms with E-state index in [1.807, 2.05) is 24.3 Å². The Labute approximate surface area is 180 Å². The van der Waals surface area contributed by atoms with Gasteiger partial charge in [0.15, 0.2) is 0 Å². The summed E-state index contributed by atoms with van der Waals surface area (Å²) in [6.45, 7) is 0.904. The van der Waals surface area contributed by atoms with E-state index in [1.165, 1.54) is 24.4 Å². The first-order valence-electron chi connectivity index (χ1n) is 10.2. The van der Waals surface area contributed by atoms with Crippen LogP contribution >= 0.6 is 0 Å². The Hall–Kier alpha value is -3.32. The standard InChI is InChI=1S/C24H24F2N4O/c1-29(2)21(23-18(25)7-5-8-19(23)26)15-28-22-11-10-17(14-27-22)24(31)30-13-12-16-6-3-4-9-20(16)30/h3-11,14,21H,12-13,15H2,1-2H3,(H,27,28). The van der Waals surface area contributed by atoms with E-state index in [2.05, 4.69) is 10.3 Å². The maximum atomic E-state index is 14.2. The van der Waals surface area contributed by atoms with E-state index in [-0.39, 0.29) is 18.0 Å². The summed E-state index contributed by atoms with van der Waals surface area (Å²) in [5.41, 5.74) is 2.61. The van der Waals surface area contributed by atoms with E-state index in [1.54, 1.807) is 36.0 Å². The minimum Gasteiger partial charge on any atom is -0.368 e. The molecule has 1 aliphatic rings. The third kappa shape index (κ3) is 4.27. The number of carbonyl (C=O) groups excluding carboxylic acids is 1. The van der Waals surface area contributed by atoms with Gasteiger partial charge < -0.3 is 15.1 Å². The number of halogens is 2. The SMILES string of the molecule is CN(C)C(CNc1ccc(C(=O)N2CCc3ccccc32)cn1)c1c(F)cccc1F. The molecule has 1 atom stereocenters. The lowest BCUT2D eigenvalue weighted by Crippen LogP contribution is -2.29. The van der Waals surface area contributed by atoms with Crippen LogP contribution in [0.25, 0.3) is 0 Å². The summed E-state index contributed by atoms with van der Waals surface area (Å²) in [5, 5.41) is 3.12. The summed E-state index contributed by atoms with van der Waals surface area (Å²) in [4.78, 5) is 20.8. The van der Waals surface area contributed by atoms with Crippen LogP contribution < -0.4 is 10.2 Å². The van der Waals surface area contributed by atoms with Gasteiger partial charge in [0.25, 0.3) is 5.91 Å². The number of aromatic nitrogens is 1. The first-order valence-corrected chi connectivity index (χ1v) is 10.2. The Bertz CT molecular complexity index is 1060.